The molecular formula is C26H20BrClN2O7S. The summed E-state index contributed by atoms with van der Waals surface area (Å²) in [5.41, 5.74) is 1.77. The van der Waals surface area contributed by atoms with Crippen molar-refractivity contribution < 1.29 is 31.7 Å². The second-order valence-electron chi connectivity index (χ2n) is 8.28. The number of barbiturate groups is 1. The Morgan fingerprint density at radius 3 is 2.32 bits per heavy atom. The lowest BCUT2D eigenvalue weighted by Crippen LogP contribution is -2.54. The quantitative estimate of drug-likeness (QED) is 0.230. The van der Waals surface area contributed by atoms with Crippen LogP contribution in [-0.4, -0.2) is 33.4 Å². The number of nitrogens with one attached hydrogen (secondary N) is 1. The van der Waals surface area contributed by atoms with E-state index in [4.69, 9.17) is 20.5 Å². The van der Waals surface area contributed by atoms with Crippen LogP contribution in [0.5, 0.6) is 11.5 Å². The van der Waals surface area contributed by atoms with E-state index in [2.05, 4.69) is 21.2 Å². The van der Waals surface area contributed by atoms with Crippen LogP contribution in [0.3, 0.4) is 0 Å². The van der Waals surface area contributed by atoms with Gasteiger partial charge in [-0.05, 0) is 83.4 Å². The molecule has 38 heavy (non-hydrogen) atoms. The van der Waals surface area contributed by atoms with Crippen molar-refractivity contribution in [3.8, 4) is 11.5 Å². The molecule has 1 aliphatic rings. The van der Waals surface area contributed by atoms with Crippen LogP contribution in [0.15, 0.2) is 69.5 Å². The van der Waals surface area contributed by atoms with Crippen LogP contribution in [0.4, 0.5) is 10.5 Å². The molecule has 1 N–H and O–H groups in total. The van der Waals surface area contributed by atoms with E-state index in [1.165, 1.54) is 49.6 Å². The first kappa shape index (κ1) is 27.4. The molecule has 0 unspecified atom stereocenters. The molecule has 0 spiro atoms. The largest absolute Gasteiger partial charge is 0.493 e. The molecule has 1 fully saturated rings. The highest BCUT2D eigenvalue weighted by molar-refractivity contribution is 9.10. The molecule has 0 atom stereocenters. The zero-order valence-electron chi connectivity index (χ0n) is 20.2. The Hall–Kier alpha value is -3.67. The summed E-state index contributed by atoms with van der Waals surface area (Å²) in [7, 11) is -2.88. The van der Waals surface area contributed by atoms with Crippen LogP contribution in [0.1, 0.15) is 16.7 Å². The van der Waals surface area contributed by atoms with Crippen LogP contribution < -0.4 is 19.1 Å². The van der Waals surface area contributed by atoms with E-state index in [1.54, 1.807) is 25.1 Å². The van der Waals surface area contributed by atoms with Crippen molar-refractivity contribution >= 4 is 67.3 Å². The minimum Gasteiger partial charge on any atom is -0.493 e. The van der Waals surface area contributed by atoms with Crippen molar-refractivity contribution in [2.75, 3.05) is 12.0 Å². The molecule has 9 nitrogen and oxygen atoms in total. The van der Waals surface area contributed by atoms with E-state index in [0.29, 0.717) is 10.6 Å². The van der Waals surface area contributed by atoms with Gasteiger partial charge in [-0.25, -0.2) is 9.69 Å². The normalized spacial score (nSPS) is 15.0. The first-order valence-corrected chi connectivity index (χ1v) is 13.6. The average molecular weight is 620 g/mol. The number of nitrogens with zero attached hydrogens (tertiary/aromatic N) is 1. The van der Waals surface area contributed by atoms with Gasteiger partial charge in [0.15, 0.2) is 11.5 Å². The Balaban J connectivity index is 1.70. The maximum atomic E-state index is 13.2. The van der Waals surface area contributed by atoms with E-state index in [9.17, 15) is 22.8 Å². The number of amides is 4. The summed E-state index contributed by atoms with van der Waals surface area (Å²) in [6.45, 7) is 3.59. The molecule has 0 radical (unpaired) electrons. The van der Waals surface area contributed by atoms with Gasteiger partial charge >= 0.3 is 16.1 Å². The maximum absolute atomic E-state index is 13.2. The Morgan fingerprint density at radius 2 is 1.68 bits per heavy atom. The lowest BCUT2D eigenvalue weighted by molar-refractivity contribution is -0.122. The zero-order valence-corrected chi connectivity index (χ0v) is 23.4. The molecule has 0 aromatic heterocycles. The molecule has 12 heteroatoms. The second kappa shape index (κ2) is 10.6. The number of methoxy groups -OCH3 is 1. The van der Waals surface area contributed by atoms with Gasteiger partial charge in [0.2, 0.25) is 0 Å². The summed E-state index contributed by atoms with van der Waals surface area (Å²) in [5.74, 6) is -1.87. The van der Waals surface area contributed by atoms with E-state index in [-0.39, 0.29) is 32.1 Å². The summed E-state index contributed by atoms with van der Waals surface area (Å²) in [4.78, 5) is 39.0. The smallest absolute Gasteiger partial charge is 0.339 e. The monoisotopic (exact) mass is 618 g/mol. The first-order valence-electron chi connectivity index (χ1n) is 11.0. The third-order valence-corrected chi connectivity index (χ3v) is 7.81. The number of hydrogen-bond donors (Lipinski definition) is 1. The third kappa shape index (κ3) is 5.45. The highest BCUT2D eigenvalue weighted by Crippen LogP contribution is 2.39. The van der Waals surface area contributed by atoms with Gasteiger partial charge in [-0.1, -0.05) is 35.4 Å². The van der Waals surface area contributed by atoms with Crippen molar-refractivity contribution in [1.82, 2.24) is 5.32 Å². The molecular weight excluding hydrogens is 600 g/mol. The van der Waals surface area contributed by atoms with E-state index in [1.807, 2.05) is 6.92 Å². The lowest BCUT2D eigenvalue weighted by atomic mass is 10.1. The minimum atomic E-state index is -4.19. The molecule has 196 valence electrons. The summed E-state index contributed by atoms with van der Waals surface area (Å²) in [5, 5.41) is 2.48. The molecule has 0 saturated carbocycles. The van der Waals surface area contributed by atoms with E-state index >= 15 is 0 Å². The van der Waals surface area contributed by atoms with Gasteiger partial charge in [-0.3, -0.25) is 14.9 Å². The molecule has 1 aliphatic heterocycles. The van der Waals surface area contributed by atoms with Crippen LogP contribution in [0, 0.1) is 13.8 Å². The van der Waals surface area contributed by atoms with Gasteiger partial charge in [0.25, 0.3) is 11.8 Å². The van der Waals surface area contributed by atoms with Gasteiger partial charge in [0, 0.05) is 5.02 Å². The Morgan fingerprint density at radius 1 is 1.00 bits per heavy atom. The number of ether oxygens (including phenoxy) is 1. The zero-order chi connectivity index (χ0) is 27.8. The van der Waals surface area contributed by atoms with Crippen molar-refractivity contribution in [2.45, 2.75) is 18.7 Å². The Labute approximate surface area is 232 Å². The van der Waals surface area contributed by atoms with Gasteiger partial charge in [-0.15, -0.1) is 0 Å². The summed E-state index contributed by atoms with van der Waals surface area (Å²) >= 11 is 9.44. The molecule has 1 heterocycles. The fourth-order valence-electron chi connectivity index (χ4n) is 3.55. The van der Waals surface area contributed by atoms with E-state index in [0.717, 1.165) is 16.0 Å². The van der Waals surface area contributed by atoms with Crippen molar-refractivity contribution in [2.24, 2.45) is 0 Å². The Kier molecular flexibility index (Phi) is 7.63. The average Bonchev–Trinajstić information content (AvgIpc) is 2.85. The highest BCUT2D eigenvalue weighted by atomic mass is 79.9. The third-order valence-electron chi connectivity index (χ3n) is 5.58. The molecule has 3 aromatic rings. The number of hydrogen-bond acceptors (Lipinski definition) is 7. The summed E-state index contributed by atoms with van der Waals surface area (Å²) in [6.07, 6.45) is 1.25. The fraction of sp³-hybridized carbons (Fsp3) is 0.115. The number of anilines is 1. The molecule has 0 aliphatic carbocycles. The number of rotatable bonds is 6. The molecule has 4 amide bonds. The molecule has 1 saturated heterocycles. The van der Waals surface area contributed by atoms with Gasteiger partial charge in [-0.2, -0.15) is 8.42 Å². The van der Waals surface area contributed by atoms with Crippen molar-refractivity contribution in [3.05, 3.63) is 86.4 Å². The van der Waals surface area contributed by atoms with Crippen molar-refractivity contribution in [1.29, 1.82) is 0 Å². The predicted molar refractivity (Wildman–Crippen MR) is 145 cm³/mol. The predicted octanol–water partition coefficient (Wildman–Crippen LogP) is 5.16. The van der Waals surface area contributed by atoms with Gasteiger partial charge in [0.05, 0.1) is 17.3 Å². The number of benzene rings is 3. The maximum Gasteiger partial charge on any atom is 0.339 e. The van der Waals surface area contributed by atoms with Crippen molar-refractivity contribution in [3.63, 3.8) is 0 Å². The highest BCUT2D eigenvalue weighted by Gasteiger charge is 2.37. The van der Waals surface area contributed by atoms with Gasteiger partial charge in [0.1, 0.15) is 10.5 Å². The lowest BCUT2D eigenvalue weighted by Gasteiger charge is -2.26. The van der Waals surface area contributed by atoms with Crippen LogP contribution >= 0.6 is 27.5 Å². The standard InChI is InChI=1S/C26H20BrClN2O7S/c1-14-4-8-18(9-5-14)38(34,35)37-23-20(27)11-16(12-22(23)36-3)10-19-24(31)29-26(33)30(25(19)32)17-7-6-15(2)21(28)13-17/h4-13H,1-3H3,(H,29,31,33)/b19-10+. The number of carbonyl (C=O) groups excluding carboxylic acids is 3. The van der Waals surface area contributed by atoms with Crippen LogP contribution in [0.2, 0.25) is 5.02 Å². The van der Waals surface area contributed by atoms with Crippen LogP contribution in [0.25, 0.3) is 6.08 Å². The number of imide groups is 2. The van der Waals surface area contributed by atoms with Crippen LogP contribution in [-0.2, 0) is 19.7 Å². The summed E-state index contributed by atoms with van der Waals surface area (Å²) in [6, 6.07) is 12.7. The minimum absolute atomic E-state index is 0.0174. The molecule has 0 bridgehead atoms. The second-order valence-corrected chi connectivity index (χ2v) is 11.1. The first-order chi connectivity index (χ1) is 17.9. The number of halogens is 2. The molecule has 4 rings (SSSR count). The number of carbonyl (C=O) groups is 3. The number of urea groups is 1. The summed E-state index contributed by atoms with van der Waals surface area (Å²) < 4.78 is 36.5. The SMILES string of the molecule is COc1cc(/C=C2\C(=O)NC(=O)N(c3ccc(C)c(Cl)c3)C2=O)cc(Br)c1OS(=O)(=O)c1ccc(C)cc1. The molecule has 3 aromatic carbocycles. The van der Waals surface area contributed by atoms with E-state index < -0.39 is 28.0 Å². The van der Waals surface area contributed by atoms with Gasteiger partial charge < -0.3 is 8.92 Å². The number of aryl methyl sites for hydroxylation is 2. The Bertz CT molecular complexity index is 1620. The fourth-order valence-corrected chi connectivity index (χ4v) is 5.33. The topological polar surface area (TPSA) is 119 Å².